The van der Waals surface area contributed by atoms with Gasteiger partial charge in [-0.3, -0.25) is 0 Å². The average molecular weight is 199 g/mol. The number of ether oxygens (including phenoxy) is 1. The Morgan fingerprint density at radius 3 is 2.36 bits per heavy atom. The molecular weight excluding hydrogens is 174 g/mol. The zero-order valence-corrected chi connectivity index (χ0v) is 9.72. The molecule has 1 fully saturated rings. The first-order chi connectivity index (χ1) is 6.86. The molecule has 1 saturated carbocycles. The highest BCUT2D eigenvalue weighted by molar-refractivity contribution is 4.72. The number of hydrogen-bond donors (Lipinski definition) is 1. The van der Waals surface area contributed by atoms with E-state index < -0.39 is 0 Å². The van der Waals surface area contributed by atoms with Crippen LogP contribution in [0.1, 0.15) is 39.0 Å². The van der Waals surface area contributed by atoms with Crippen LogP contribution < -0.4 is 5.32 Å². The van der Waals surface area contributed by atoms with Crippen LogP contribution in [0.2, 0.25) is 0 Å². The van der Waals surface area contributed by atoms with Crippen LogP contribution >= 0.6 is 0 Å². The lowest BCUT2D eigenvalue weighted by Crippen LogP contribution is -2.22. The van der Waals surface area contributed by atoms with Crippen LogP contribution in [0, 0.1) is 11.8 Å². The molecule has 14 heavy (non-hydrogen) atoms. The Balaban J connectivity index is 2.03. The third-order valence-corrected chi connectivity index (χ3v) is 3.35. The summed E-state index contributed by atoms with van der Waals surface area (Å²) in [5.41, 5.74) is 0. The molecule has 0 heterocycles. The van der Waals surface area contributed by atoms with Crippen molar-refractivity contribution in [1.82, 2.24) is 5.32 Å². The molecule has 0 saturated heterocycles. The number of methoxy groups -OCH3 is 1. The van der Waals surface area contributed by atoms with Gasteiger partial charge >= 0.3 is 0 Å². The van der Waals surface area contributed by atoms with Gasteiger partial charge in [0.25, 0.3) is 0 Å². The highest BCUT2D eigenvalue weighted by Gasteiger charge is 2.20. The molecular formula is C12H25NO. The topological polar surface area (TPSA) is 21.3 Å². The third kappa shape index (κ3) is 4.43. The maximum atomic E-state index is 5.20. The fourth-order valence-electron chi connectivity index (χ4n) is 2.41. The Bertz CT molecular complexity index is 130. The molecule has 2 nitrogen and oxygen atoms in total. The van der Waals surface area contributed by atoms with Crippen LogP contribution in [0.15, 0.2) is 0 Å². The maximum absolute atomic E-state index is 5.20. The summed E-state index contributed by atoms with van der Waals surface area (Å²) in [5.74, 6) is 1.82. The second kappa shape index (κ2) is 7.24. The zero-order valence-electron chi connectivity index (χ0n) is 9.72. The van der Waals surface area contributed by atoms with E-state index in [1.807, 2.05) is 7.11 Å². The molecule has 0 atom stereocenters. The second-order valence-electron chi connectivity index (χ2n) is 4.48. The van der Waals surface area contributed by atoms with Crippen molar-refractivity contribution in [2.24, 2.45) is 11.8 Å². The molecule has 0 aromatic rings. The van der Waals surface area contributed by atoms with Crippen molar-refractivity contribution in [3.05, 3.63) is 0 Å². The van der Waals surface area contributed by atoms with Gasteiger partial charge in [-0.2, -0.15) is 0 Å². The van der Waals surface area contributed by atoms with Gasteiger partial charge in [-0.1, -0.05) is 19.8 Å². The highest BCUT2D eigenvalue weighted by atomic mass is 16.5. The van der Waals surface area contributed by atoms with Gasteiger partial charge in [0.1, 0.15) is 0 Å². The van der Waals surface area contributed by atoms with Crippen LogP contribution in [0.3, 0.4) is 0 Å². The van der Waals surface area contributed by atoms with E-state index in [-0.39, 0.29) is 0 Å². The monoisotopic (exact) mass is 199 g/mol. The molecule has 0 spiro atoms. The van der Waals surface area contributed by atoms with Crippen LogP contribution in [-0.2, 0) is 4.74 Å². The van der Waals surface area contributed by atoms with E-state index in [1.165, 1.54) is 38.6 Å². The molecule has 0 radical (unpaired) electrons. The van der Waals surface area contributed by atoms with Crippen molar-refractivity contribution in [2.75, 3.05) is 26.8 Å². The molecule has 1 aliphatic rings. The maximum Gasteiger partial charge on any atom is 0.0490 e. The van der Waals surface area contributed by atoms with Crippen molar-refractivity contribution >= 4 is 0 Å². The van der Waals surface area contributed by atoms with Gasteiger partial charge in [-0.25, -0.2) is 0 Å². The first-order valence-electron chi connectivity index (χ1n) is 6.06. The summed E-state index contributed by atoms with van der Waals surface area (Å²) in [6, 6.07) is 0. The molecule has 84 valence electrons. The van der Waals surface area contributed by atoms with Crippen LogP contribution in [0.25, 0.3) is 0 Å². The predicted molar refractivity (Wildman–Crippen MR) is 60.5 cm³/mol. The van der Waals surface area contributed by atoms with Crippen molar-refractivity contribution in [3.63, 3.8) is 0 Å². The molecule has 1 N–H and O–H groups in total. The minimum absolute atomic E-state index is 0.843. The van der Waals surface area contributed by atoms with Crippen molar-refractivity contribution in [3.8, 4) is 0 Å². The van der Waals surface area contributed by atoms with Crippen LogP contribution in [0.5, 0.6) is 0 Å². The average Bonchev–Trinajstić information content (AvgIpc) is 2.21. The van der Waals surface area contributed by atoms with Gasteiger partial charge < -0.3 is 10.1 Å². The van der Waals surface area contributed by atoms with E-state index in [0.717, 1.165) is 25.0 Å². The number of hydrogen-bond acceptors (Lipinski definition) is 2. The molecule has 0 aliphatic heterocycles. The van der Waals surface area contributed by atoms with E-state index in [0.29, 0.717) is 0 Å². The van der Waals surface area contributed by atoms with Crippen molar-refractivity contribution in [2.45, 2.75) is 39.0 Å². The Morgan fingerprint density at radius 2 is 1.79 bits per heavy atom. The van der Waals surface area contributed by atoms with Gasteiger partial charge in [0.05, 0.1) is 0 Å². The SMILES string of the molecule is CCNCCC1CCC(COC)CC1. The minimum atomic E-state index is 0.843. The van der Waals surface area contributed by atoms with E-state index in [2.05, 4.69) is 12.2 Å². The smallest absolute Gasteiger partial charge is 0.0490 e. The fraction of sp³-hybridized carbons (Fsp3) is 1.00. The second-order valence-corrected chi connectivity index (χ2v) is 4.48. The molecule has 0 amide bonds. The van der Waals surface area contributed by atoms with Gasteiger partial charge in [-0.05, 0) is 44.2 Å². The van der Waals surface area contributed by atoms with Gasteiger partial charge in [0.15, 0.2) is 0 Å². The summed E-state index contributed by atoms with van der Waals surface area (Å²) in [5, 5.41) is 3.41. The Labute approximate surface area is 88.4 Å². The predicted octanol–water partition coefficient (Wildman–Crippen LogP) is 2.44. The normalized spacial score (nSPS) is 27.9. The lowest BCUT2D eigenvalue weighted by molar-refractivity contribution is 0.117. The van der Waals surface area contributed by atoms with Crippen LogP contribution in [-0.4, -0.2) is 26.8 Å². The first-order valence-corrected chi connectivity index (χ1v) is 6.06. The highest BCUT2D eigenvalue weighted by Crippen LogP contribution is 2.30. The molecule has 2 heteroatoms. The van der Waals surface area contributed by atoms with Gasteiger partial charge in [-0.15, -0.1) is 0 Å². The standard InChI is InChI=1S/C12H25NO/c1-3-13-9-8-11-4-6-12(7-5-11)10-14-2/h11-13H,3-10H2,1-2H3. The minimum Gasteiger partial charge on any atom is -0.384 e. The number of nitrogens with one attached hydrogen (secondary N) is 1. The third-order valence-electron chi connectivity index (χ3n) is 3.35. The van der Waals surface area contributed by atoms with E-state index in [9.17, 15) is 0 Å². The summed E-state index contributed by atoms with van der Waals surface area (Å²) in [6.07, 6.45) is 6.96. The molecule has 1 rings (SSSR count). The molecule has 0 unspecified atom stereocenters. The summed E-state index contributed by atoms with van der Waals surface area (Å²) in [4.78, 5) is 0. The molecule has 1 aliphatic carbocycles. The lowest BCUT2D eigenvalue weighted by atomic mass is 9.81. The lowest BCUT2D eigenvalue weighted by Gasteiger charge is -2.28. The zero-order chi connectivity index (χ0) is 10.2. The van der Waals surface area contributed by atoms with E-state index in [4.69, 9.17) is 4.74 Å². The molecule has 0 bridgehead atoms. The van der Waals surface area contributed by atoms with Crippen molar-refractivity contribution in [1.29, 1.82) is 0 Å². The first kappa shape index (κ1) is 12.0. The summed E-state index contributed by atoms with van der Waals surface area (Å²) in [7, 11) is 1.82. The summed E-state index contributed by atoms with van der Waals surface area (Å²) >= 11 is 0. The van der Waals surface area contributed by atoms with Gasteiger partial charge in [0, 0.05) is 13.7 Å². The van der Waals surface area contributed by atoms with E-state index in [1.54, 1.807) is 0 Å². The Morgan fingerprint density at radius 1 is 1.14 bits per heavy atom. The van der Waals surface area contributed by atoms with Crippen molar-refractivity contribution < 1.29 is 4.74 Å². The quantitative estimate of drug-likeness (QED) is 0.663. The summed E-state index contributed by atoms with van der Waals surface area (Å²) in [6.45, 7) is 5.46. The largest absolute Gasteiger partial charge is 0.384 e. The van der Waals surface area contributed by atoms with E-state index >= 15 is 0 Å². The van der Waals surface area contributed by atoms with Gasteiger partial charge in [0.2, 0.25) is 0 Å². The fourth-order valence-corrected chi connectivity index (χ4v) is 2.41. The number of rotatable bonds is 6. The Hall–Kier alpha value is -0.0800. The summed E-state index contributed by atoms with van der Waals surface area (Å²) < 4.78 is 5.20. The molecule has 0 aromatic heterocycles. The molecule has 0 aromatic carbocycles. The van der Waals surface area contributed by atoms with Crippen LogP contribution in [0.4, 0.5) is 0 Å². The Kier molecular flexibility index (Phi) is 6.20.